The van der Waals surface area contributed by atoms with Gasteiger partial charge in [0.1, 0.15) is 0 Å². The van der Waals surface area contributed by atoms with Gasteiger partial charge in [-0.1, -0.05) is 35.5 Å². The molecule has 0 amide bonds. The van der Waals surface area contributed by atoms with Crippen molar-refractivity contribution in [3.63, 3.8) is 0 Å². The van der Waals surface area contributed by atoms with Gasteiger partial charge in [-0.2, -0.15) is 4.98 Å². The molecule has 3 heterocycles. The summed E-state index contributed by atoms with van der Waals surface area (Å²) >= 11 is 0. The average molecular weight is 326 g/mol. The Hall–Kier alpha value is -1.72. The molecule has 0 saturated carbocycles. The molecule has 5 heteroatoms. The summed E-state index contributed by atoms with van der Waals surface area (Å²) in [6, 6.07) is 11.0. The Morgan fingerprint density at radius 3 is 2.71 bits per heavy atom. The van der Waals surface area contributed by atoms with E-state index in [-0.39, 0.29) is 0 Å². The molecule has 0 aliphatic carbocycles. The van der Waals surface area contributed by atoms with E-state index >= 15 is 0 Å². The second-order valence-corrected chi connectivity index (χ2v) is 7.04. The van der Waals surface area contributed by atoms with Gasteiger partial charge in [-0.15, -0.1) is 0 Å². The van der Waals surface area contributed by atoms with Crippen molar-refractivity contribution in [2.75, 3.05) is 26.2 Å². The van der Waals surface area contributed by atoms with Crippen LogP contribution >= 0.6 is 0 Å². The largest absolute Gasteiger partial charge is 0.338 e. The molecule has 24 heavy (non-hydrogen) atoms. The number of nitrogens with zero attached hydrogens (tertiary/aromatic N) is 4. The Morgan fingerprint density at radius 2 is 1.88 bits per heavy atom. The highest BCUT2D eigenvalue weighted by Gasteiger charge is 2.27. The van der Waals surface area contributed by atoms with Gasteiger partial charge in [-0.05, 0) is 50.9 Å². The summed E-state index contributed by atoms with van der Waals surface area (Å²) in [5.74, 6) is 1.53. The van der Waals surface area contributed by atoms with E-state index in [0.717, 1.165) is 37.8 Å². The second kappa shape index (κ2) is 7.45. The van der Waals surface area contributed by atoms with Gasteiger partial charge in [0.05, 0.1) is 6.54 Å². The van der Waals surface area contributed by atoms with Crippen molar-refractivity contribution in [3.8, 4) is 0 Å². The van der Waals surface area contributed by atoms with Crippen molar-refractivity contribution >= 4 is 0 Å². The summed E-state index contributed by atoms with van der Waals surface area (Å²) in [5, 5.41) is 4.15. The van der Waals surface area contributed by atoms with Gasteiger partial charge in [0, 0.05) is 19.0 Å². The lowest BCUT2D eigenvalue weighted by molar-refractivity contribution is 0.102. The van der Waals surface area contributed by atoms with Crippen molar-refractivity contribution in [2.24, 2.45) is 0 Å². The quantitative estimate of drug-likeness (QED) is 0.845. The number of aromatic nitrogens is 2. The minimum atomic E-state index is 0.716. The topological polar surface area (TPSA) is 45.4 Å². The molecule has 128 valence electrons. The smallest absolute Gasteiger partial charge is 0.240 e. The molecule has 1 aromatic carbocycles. The van der Waals surface area contributed by atoms with Crippen molar-refractivity contribution in [2.45, 2.75) is 44.7 Å². The number of hydrogen-bond acceptors (Lipinski definition) is 5. The Morgan fingerprint density at radius 1 is 1.04 bits per heavy atom. The van der Waals surface area contributed by atoms with Gasteiger partial charge in [0.25, 0.3) is 0 Å². The number of likely N-dealkylation sites (tertiary alicyclic amines) is 2. The number of benzene rings is 1. The molecule has 2 aromatic rings. The second-order valence-electron chi connectivity index (χ2n) is 7.04. The maximum atomic E-state index is 5.48. The predicted molar refractivity (Wildman–Crippen MR) is 92.7 cm³/mol. The number of hydrogen-bond donors (Lipinski definition) is 0. The van der Waals surface area contributed by atoms with Crippen LogP contribution in [0.4, 0.5) is 0 Å². The summed E-state index contributed by atoms with van der Waals surface area (Å²) in [5.41, 5.74) is 1.22. The molecule has 0 spiro atoms. The van der Waals surface area contributed by atoms with Gasteiger partial charge in [-0.3, -0.25) is 9.80 Å². The van der Waals surface area contributed by atoms with Crippen LogP contribution < -0.4 is 0 Å². The van der Waals surface area contributed by atoms with Crippen LogP contribution in [0.1, 0.15) is 43.0 Å². The third-order valence-electron chi connectivity index (χ3n) is 5.21. The first kappa shape index (κ1) is 15.8. The first-order valence-corrected chi connectivity index (χ1v) is 9.18. The summed E-state index contributed by atoms with van der Waals surface area (Å²) in [6.07, 6.45) is 6.07. The highest BCUT2D eigenvalue weighted by Crippen LogP contribution is 2.21. The Bertz CT molecular complexity index is 636. The normalized spacial score (nSPS) is 22.9. The maximum absolute atomic E-state index is 5.48. The fourth-order valence-corrected chi connectivity index (χ4v) is 3.98. The van der Waals surface area contributed by atoms with E-state index in [2.05, 4.69) is 32.1 Å². The Balaban J connectivity index is 1.33. The lowest BCUT2D eigenvalue weighted by Gasteiger charge is -2.36. The van der Waals surface area contributed by atoms with E-state index < -0.39 is 0 Å². The van der Waals surface area contributed by atoms with Gasteiger partial charge in [-0.25, -0.2) is 0 Å². The van der Waals surface area contributed by atoms with Gasteiger partial charge < -0.3 is 4.52 Å². The predicted octanol–water partition coefficient (Wildman–Crippen LogP) is 2.72. The summed E-state index contributed by atoms with van der Waals surface area (Å²) < 4.78 is 5.48. The summed E-state index contributed by atoms with van der Waals surface area (Å²) in [6.45, 7) is 5.61. The molecule has 4 rings (SSSR count). The molecule has 2 aliphatic heterocycles. The van der Waals surface area contributed by atoms with Crippen LogP contribution in [0.15, 0.2) is 34.9 Å². The fraction of sp³-hybridized carbons (Fsp3) is 0.579. The molecule has 2 aliphatic rings. The van der Waals surface area contributed by atoms with Gasteiger partial charge >= 0.3 is 0 Å². The minimum Gasteiger partial charge on any atom is -0.338 e. The van der Waals surface area contributed by atoms with Crippen LogP contribution in [0.2, 0.25) is 0 Å². The van der Waals surface area contributed by atoms with Crippen molar-refractivity contribution in [3.05, 3.63) is 47.6 Å². The van der Waals surface area contributed by atoms with Crippen LogP contribution in [0.25, 0.3) is 0 Å². The maximum Gasteiger partial charge on any atom is 0.240 e. The molecule has 1 aromatic heterocycles. The molecule has 0 N–H and O–H groups in total. The van der Waals surface area contributed by atoms with Gasteiger partial charge in [0.2, 0.25) is 5.89 Å². The Labute approximate surface area is 143 Å². The van der Waals surface area contributed by atoms with Crippen LogP contribution in [0.3, 0.4) is 0 Å². The lowest BCUT2D eigenvalue weighted by Crippen LogP contribution is -2.46. The van der Waals surface area contributed by atoms with E-state index in [1.165, 1.54) is 44.3 Å². The third kappa shape index (κ3) is 3.84. The van der Waals surface area contributed by atoms with Crippen LogP contribution in [-0.2, 0) is 13.0 Å². The minimum absolute atomic E-state index is 0.716. The van der Waals surface area contributed by atoms with Crippen molar-refractivity contribution in [1.29, 1.82) is 0 Å². The monoisotopic (exact) mass is 326 g/mol. The molecule has 2 saturated heterocycles. The molecule has 1 unspecified atom stereocenters. The zero-order chi connectivity index (χ0) is 16.2. The van der Waals surface area contributed by atoms with E-state index in [1.54, 1.807) is 0 Å². The van der Waals surface area contributed by atoms with Gasteiger partial charge in [0.15, 0.2) is 5.82 Å². The fourth-order valence-electron chi connectivity index (χ4n) is 3.98. The molecular formula is C19H26N4O. The van der Waals surface area contributed by atoms with E-state index in [1.807, 2.05) is 18.2 Å². The van der Waals surface area contributed by atoms with E-state index in [0.29, 0.717) is 6.04 Å². The molecule has 0 bridgehead atoms. The first-order chi connectivity index (χ1) is 11.9. The molecule has 2 fully saturated rings. The summed E-state index contributed by atoms with van der Waals surface area (Å²) in [7, 11) is 0. The van der Waals surface area contributed by atoms with Crippen molar-refractivity contribution < 1.29 is 4.52 Å². The molecule has 1 atom stereocenters. The zero-order valence-corrected chi connectivity index (χ0v) is 14.2. The number of rotatable bonds is 5. The van der Waals surface area contributed by atoms with E-state index in [9.17, 15) is 0 Å². The molecular weight excluding hydrogens is 300 g/mol. The van der Waals surface area contributed by atoms with Crippen LogP contribution in [-0.4, -0.2) is 52.2 Å². The van der Waals surface area contributed by atoms with Crippen LogP contribution in [0, 0.1) is 0 Å². The third-order valence-corrected chi connectivity index (χ3v) is 5.21. The van der Waals surface area contributed by atoms with E-state index in [4.69, 9.17) is 4.52 Å². The summed E-state index contributed by atoms with van der Waals surface area (Å²) in [4.78, 5) is 9.74. The standard InChI is InChI=1S/C19H26N4O/c1-2-7-16(8-3-1)13-18-20-19(24-21-18)15-22-10-6-9-17(14-22)23-11-4-5-12-23/h1-3,7-8,17H,4-6,9-15H2. The number of piperidine rings is 1. The highest BCUT2D eigenvalue weighted by molar-refractivity contribution is 5.18. The zero-order valence-electron chi connectivity index (χ0n) is 14.2. The SMILES string of the molecule is c1ccc(Cc2noc(CN3CCCC(N4CCCC4)C3)n2)cc1. The lowest BCUT2D eigenvalue weighted by atomic mass is 10.0. The highest BCUT2D eigenvalue weighted by atomic mass is 16.5. The Kier molecular flexibility index (Phi) is 4.90. The van der Waals surface area contributed by atoms with Crippen LogP contribution in [0.5, 0.6) is 0 Å². The molecule has 0 radical (unpaired) electrons. The molecule has 5 nitrogen and oxygen atoms in total. The van der Waals surface area contributed by atoms with Crippen molar-refractivity contribution in [1.82, 2.24) is 19.9 Å². The average Bonchev–Trinajstić information content (AvgIpc) is 3.28. The first-order valence-electron chi connectivity index (χ1n) is 9.18.